The molecule has 0 fully saturated rings. The zero-order valence-electron chi connectivity index (χ0n) is 11.6. The van der Waals surface area contributed by atoms with E-state index in [4.69, 9.17) is 4.42 Å². The monoisotopic (exact) mass is 365 g/mol. The Bertz CT molecular complexity index is 336. The number of guanidine groups is 1. The van der Waals surface area contributed by atoms with Crippen LogP contribution >= 0.6 is 24.0 Å². The van der Waals surface area contributed by atoms with Crippen molar-refractivity contribution in [1.29, 1.82) is 0 Å². The largest absolute Gasteiger partial charge is 0.472 e. The van der Waals surface area contributed by atoms with Gasteiger partial charge >= 0.3 is 0 Å². The average molecular weight is 365 g/mol. The predicted octanol–water partition coefficient (Wildman–Crippen LogP) is 3.00. The summed E-state index contributed by atoms with van der Waals surface area (Å²) in [6, 6.07) is 2.33. The zero-order chi connectivity index (χ0) is 12.7. The Morgan fingerprint density at radius 3 is 2.61 bits per heavy atom. The van der Waals surface area contributed by atoms with Gasteiger partial charge in [0.25, 0.3) is 0 Å². The van der Waals surface area contributed by atoms with Gasteiger partial charge in [-0.05, 0) is 25.8 Å². The predicted molar refractivity (Wildman–Crippen MR) is 86.4 cm³/mol. The van der Waals surface area contributed by atoms with E-state index in [0.717, 1.165) is 18.1 Å². The molecule has 0 spiro atoms. The van der Waals surface area contributed by atoms with Gasteiger partial charge in [0, 0.05) is 18.2 Å². The molecule has 0 saturated heterocycles. The Morgan fingerprint density at radius 1 is 1.39 bits per heavy atom. The molecule has 0 aliphatic carbocycles. The molecule has 0 aliphatic rings. The molecule has 4 nitrogen and oxygen atoms in total. The minimum atomic E-state index is 0. The van der Waals surface area contributed by atoms with Crippen molar-refractivity contribution >= 4 is 29.9 Å². The summed E-state index contributed by atoms with van der Waals surface area (Å²) in [5.74, 6) is 1.43. The molecule has 1 aromatic heterocycles. The van der Waals surface area contributed by atoms with E-state index in [-0.39, 0.29) is 24.0 Å². The van der Waals surface area contributed by atoms with Crippen molar-refractivity contribution in [2.24, 2.45) is 10.9 Å². The lowest BCUT2D eigenvalue weighted by Gasteiger charge is -2.20. The van der Waals surface area contributed by atoms with Gasteiger partial charge in [0.15, 0.2) is 5.96 Å². The first kappa shape index (κ1) is 17.3. The summed E-state index contributed by atoms with van der Waals surface area (Å²) in [5.41, 5.74) is 1.08. The van der Waals surface area contributed by atoms with E-state index in [1.165, 1.54) is 0 Å². The van der Waals surface area contributed by atoms with Gasteiger partial charge in [-0.2, -0.15) is 0 Å². The van der Waals surface area contributed by atoms with Crippen LogP contribution < -0.4 is 10.6 Å². The third-order valence-electron chi connectivity index (χ3n) is 2.71. The minimum Gasteiger partial charge on any atom is -0.472 e. The van der Waals surface area contributed by atoms with Crippen LogP contribution in [0.25, 0.3) is 0 Å². The van der Waals surface area contributed by atoms with E-state index in [2.05, 4.69) is 43.3 Å². The molecule has 0 saturated carbocycles. The first-order valence-corrected chi connectivity index (χ1v) is 6.19. The average Bonchev–Trinajstić information content (AvgIpc) is 2.78. The molecule has 1 aromatic rings. The number of halogens is 1. The molecular weight excluding hydrogens is 341 g/mol. The van der Waals surface area contributed by atoms with E-state index in [0.29, 0.717) is 18.5 Å². The Kier molecular flexibility index (Phi) is 8.87. The van der Waals surface area contributed by atoms with Crippen LogP contribution in [-0.4, -0.2) is 18.5 Å². The van der Waals surface area contributed by atoms with Crippen LogP contribution in [0.1, 0.15) is 33.3 Å². The second kappa shape index (κ2) is 9.24. The van der Waals surface area contributed by atoms with E-state index in [9.17, 15) is 0 Å². The molecule has 0 amide bonds. The summed E-state index contributed by atoms with van der Waals surface area (Å²) in [6.07, 6.45) is 3.39. The standard InChI is InChI=1S/C13H23N3O.HI/c1-5-14-13(16-11(4)10(2)3)15-8-12-6-7-17-9-12;/h6-7,9-11H,5,8H2,1-4H3,(H2,14,15,16);1H. The summed E-state index contributed by atoms with van der Waals surface area (Å²) in [4.78, 5) is 4.51. The topological polar surface area (TPSA) is 49.6 Å². The van der Waals surface area contributed by atoms with Crippen molar-refractivity contribution < 1.29 is 4.42 Å². The summed E-state index contributed by atoms with van der Waals surface area (Å²) in [6.45, 7) is 10.1. The maximum Gasteiger partial charge on any atom is 0.191 e. The number of aliphatic imine (C=N–C) groups is 1. The van der Waals surface area contributed by atoms with Gasteiger partial charge in [0.05, 0.1) is 19.1 Å². The fraction of sp³-hybridized carbons (Fsp3) is 0.615. The normalized spacial score (nSPS) is 13.1. The number of nitrogens with one attached hydrogen (secondary N) is 2. The number of furan rings is 1. The molecule has 1 unspecified atom stereocenters. The van der Waals surface area contributed by atoms with Crippen molar-refractivity contribution in [2.45, 2.75) is 40.3 Å². The Morgan fingerprint density at radius 2 is 2.11 bits per heavy atom. The summed E-state index contributed by atoms with van der Waals surface area (Å²) in [7, 11) is 0. The molecule has 0 aliphatic heterocycles. The highest BCUT2D eigenvalue weighted by Gasteiger charge is 2.08. The van der Waals surface area contributed by atoms with E-state index in [1.54, 1.807) is 12.5 Å². The summed E-state index contributed by atoms with van der Waals surface area (Å²) < 4.78 is 5.02. The van der Waals surface area contributed by atoms with Gasteiger partial charge in [0.2, 0.25) is 0 Å². The fourth-order valence-corrected chi connectivity index (χ4v) is 1.26. The second-order valence-electron chi connectivity index (χ2n) is 4.50. The van der Waals surface area contributed by atoms with Crippen molar-refractivity contribution in [3.8, 4) is 0 Å². The van der Waals surface area contributed by atoms with Crippen LogP contribution in [0.3, 0.4) is 0 Å². The number of hydrogen-bond donors (Lipinski definition) is 2. The van der Waals surface area contributed by atoms with Gasteiger partial charge < -0.3 is 15.1 Å². The SMILES string of the molecule is CCNC(=NCc1ccoc1)NC(C)C(C)C.I. The van der Waals surface area contributed by atoms with E-state index < -0.39 is 0 Å². The van der Waals surface area contributed by atoms with Gasteiger partial charge in [0.1, 0.15) is 0 Å². The highest BCUT2D eigenvalue weighted by Crippen LogP contribution is 2.02. The first-order chi connectivity index (χ1) is 8.13. The third-order valence-corrected chi connectivity index (χ3v) is 2.71. The molecule has 18 heavy (non-hydrogen) atoms. The molecule has 1 rings (SSSR count). The molecule has 2 N–H and O–H groups in total. The molecule has 0 aromatic carbocycles. The summed E-state index contributed by atoms with van der Waals surface area (Å²) >= 11 is 0. The first-order valence-electron chi connectivity index (χ1n) is 6.19. The smallest absolute Gasteiger partial charge is 0.191 e. The van der Waals surface area contributed by atoms with Gasteiger partial charge in [-0.15, -0.1) is 24.0 Å². The van der Waals surface area contributed by atoms with Crippen LogP contribution in [0.5, 0.6) is 0 Å². The highest BCUT2D eigenvalue weighted by molar-refractivity contribution is 14.0. The van der Waals surface area contributed by atoms with Crippen molar-refractivity contribution in [2.75, 3.05) is 6.54 Å². The summed E-state index contributed by atoms with van der Waals surface area (Å²) in [5, 5.41) is 6.63. The highest BCUT2D eigenvalue weighted by atomic mass is 127. The maximum atomic E-state index is 5.02. The Balaban J connectivity index is 0.00000289. The number of hydrogen-bond acceptors (Lipinski definition) is 2. The third kappa shape index (κ3) is 6.28. The van der Waals surface area contributed by atoms with Crippen LogP contribution in [-0.2, 0) is 6.54 Å². The lowest BCUT2D eigenvalue weighted by Crippen LogP contribution is -2.44. The van der Waals surface area contributed by atoms with Crippen LogP contribution in [0.4, 0.5) is 0 Å². The zero-order valence-corrected chi connectivity index (χ0v) is 13.9. The lowest BCUT2D eigenvalue weighted by atomic mass is 10.1. The van der Waals surface area contributed by atoms with Crippen molar-refractivity contribution in [3.63, 3.8) is 0 Å². The minimum absolute atomic E-state index is 0. The molecule has 0 bridgehead atoms. The Hall–Kier alpha value is -0.720. The van der Waals surface area contributed by atoms with Crippen LogP contribution in [0, 0.1) is 5.92 Å². The molecule has 1 heterocycles. The molecule has 0 radical (unpaired) electrons. The second-order valence-corrected chi connectivity index (χ2v) is 4.50. The van der Waals surface area contributed by atoms with Crippen molar-refractivity contribution in [3.05, 3.63) is 24.2 Å². The van der Waals surface area contributed by atoms with Gasteiger partial charge in [-0.3, -0.25) is 0 Å². The van der Waals surface area contributed by atoms with Crippen LogP contribution in [0.2, 0.25) is 0 Å². The van der Waals surface area contributed by atoms with Crippen molar-refractivity contribution in [1.82, 2.24) is 10.6 Å². The quantitative estimate of drug-likeness (QED) is 0.479. The van der Waals surface area contributed by atoms with Gasteiger partial charge in [-0.25, -0.2) is 4.99 Å². The maximum absolute atomic E-state index is 5.02. The van der Waals surface area contributed by atoms with Crippen LogP contribution in [0.15, 0.2) is 28.0 Å². The molecular formula is C13H24IN3O. The molecule has 1 atom stereocenters. The number of rotatable bonds is 5. The molecule has 104 valence electrons. The fourth-order valence-electron chi connectivity index (χ4n) is 1.26. The van der Waals surface area contributed by atoms with Gasteiger partial charge in [-0.1, -0.05) is 13.8 Å². The Labute approximate surface area is 127 Å². The lowest BCUT2D eigenvalue weighted by molar-refractivity contribution is 0.481. The van der Waals surface area contributed by atoms with E-state index in [1.807, 2.05) is 6.07 Å². The molecule has 5 heteroatoms. The van der Waals surface area contributed by atoms with E-state index >= 15 is 0 Å². The number of nitrogens with zero attached hydrogens (tertiary/aromatic N) is 1.